The Labute approximate surface area is 177 Å². The molecule has 1 aliphatic heterocycles. The predicted molar refractivity (Wildman–Crippen MR) is 105 cm³/mol. The lowest BCUT2D eigenvalue weighted by Crippen LogP contribution is -2.39. The number of carbonyl (C=O) groups is 1. The highest BCUT2D eigenvalue weighted by Crippen LogP contribution is 2.40. The molecule has 0 saturated carbocycles. The molecule has 1 fully saturated rings. The maximum absolute atomic E-state index is 13.4. The molecule has 152 valence electrons. The van der Waals surface area contributed by atoms with Gasteiger partial charge in [0.25, 0.3) is 5.91 Å². The molecule has 0 spiro atoms. The molecule has 0 bridgehead atoms. The zero-order valence-electron chi connectivity index (χ0n) is 15.0. The van der Waals surface area contributed by atoms with E-state index in [1.54, 1.807) is 27.6 Å². The van der Waals surface area contributed by atoms with E-state index in [9.17, 15) is 18.0 Å². The summed E-state index contributed by atoms with van der Waals surface area (Å²) >= 11 is 9.30. The van der Waals surface area contributed by atoms with Crippen molar-refractivity contribution in [2.75, 3.05) is 13.1 Å². The first-order valence-electron chi connectivity index (χ1n) is 8.90. The van der Waals surface area contributed by atoms with Crippen molar-refractivity contribution < 1.29 is 18.0 Å². The van der Waals surface area contributed by atoms with Gasteiger partial charge in [0.05, 0.1) is 5.56 Å². The fourth-order valence-corrected chi connectivity index (χ4v) is 4.19. The van der Waals surface area contributed by atoms with Crippen molar-refractivity contribution in [3.63, 3.8) is 0 Å². The minimum atomic E-state index is -4.44. The van der Waals surface area contributed by atoms with Gasteiger partial charge in [-0.1, -0.05) is 11.6 Å². The minimum Gasteiger partial charge on any atom is -0.336 e. The van der Waals surface area contributed by atoms with Gasteiger partial charge in [-0.25, -0.2) is 0 Å². The molecule has 0 aliphatic carbocycles. The van der Waals surface area contributed by atoms with Gasteiger partial charge in [-0.3, -0.25) is 9.20 Å². The van der Waals surface area contributed by atoms with Crippen molar-refractivity contribution in [3.05, 3.63) is 63.0 Å². The van der Waals surface area contributed by atoms with Gasteiger partial charge >= 0.3 is 6.18 Å². The Kier molecular flexibility index (Phi) is 5.29. The number of likely N-dealkylation sites (tertiary alicyclic amines) is 1. The van der Waals surface area contributed by atoms with Gasteiger partial charge in [0.2, 0.25) is 5.82 Å². The van der Waals surface area contributed by atoms with Crippen molar-refractivity contribution in [1.82, 2.24) is 19.5 Å². The van der Waals surface area contributed by atoms with E-state index in [-0.39, 0.29) is 28.2 Å². The lowest BCUT2D eigenvalue weighted by molar-refractivity contribution is -0.138. The van der Waals surface area contributed by atoms with Crippen LogP contribution in [-0.2, 0) is 6.18 Å². The van der Waals surface area contributed by atoms with Crippen LogP contribution >= 0.6 is 27.5 Å². The molecule has 0 radical (unpaired) electrons. The number of amides is 1. The highest BCUT2D eigenvalue weighted by atomic mass is 79.9. The molecule has 1 aliphatic rings. The summed E-state index contributed by atoms with van der Waals surface area (Å²) in [4.78, 5) is 14.5. The Hall–Kier alpha value is -2.13. The molecule has 5 nitrogen and oxygen atoms in total. The number of rotatable bonds is 2. The van der Waals surface area contributed by atoms with Crippen LogP contribution in [-0.4, -0.2) is 38.5 Å². The van der Waals surface area contributed by atoms with Gasteiger partial charge in [0.15, 0.2) is 5.65 Å². The third-order valence-electron chi connectivity index (χ3n) is 5.10. The normalized spacial score (nSPS) is 15.8. The maximum Gasteiger partial charge on any atom is 0.416 e. The Morgan fingerprint density at radius 2 is 1.86 bits per heavy atom. The summed E-state index contributed by atoms with van der Waals surface area (Å²) in [5.41, 5.74) is 0.0640. The SMILES string of the molecule is O=C(c1nnc2ccc(Br)cn12)N1CCC(c2cc(Cl)ccc2C(F)(F)F)CC1. The monoisotopic (exact) mass is 486 g/mol. The second kappa shape index (κ2) is 7.60. The van der Waals surface area contributed by atoms with Gasteiger partial charge in [-0.2, -0.15) is 13.2 Å². The molecule has 4 rings (SSSR count). The molecular formula is C19H15BrClF3N4O. The van der Waals surface area contributed by atoms with Crippen molar-refractivity contribution in [2.45, 2.75) is 24.9 Å². The summed E-state index contributed by atoms with van der Waals surface area (Å²) in [5, 5.41) is 8.24. The largest absolute Gasteiger partial charge is 0.416 e. The maximum atomic E-state index is 13.4. The number of fused-ring (bicyclic) bond motifs is 1. The average Bonchev–Trinajstić information content (AvgIpc) is 3.09. The molecule has 1 saturated heterocycles. The third kappa shape index (κ3) is 3.98. The Balaban J connectivity index is 1.53. The van der Waals surface area contributed by atoms with E-state index in [4.69, 9.17) is 11.6 Å². The summed E-state index contributed by atoms with van der Waals surface area (Å²) in [6.07, 6.45) is -1.91. The number of halogens is 5. The zero-order valence-corrected chi connectivity index (χ0v) is 17.3. The number of piperidine rings is 1. The first-order valence-corrected chi connectivity index (χ1v) is 10.1. The molecule has 10 heteroatoms. The van der Waals surface area contributed by atoms with Crippen molar-refractivity contribution in [2.24, 2.45) is 0 Å². The van der Waals surface area contributed by atoms with Crippen LogP contribution in [0.25, 0.3) is 5.65 Å². The number of nitrogens with zero attached hydrogens (tertiary/aromatic N) is 4. The number of benzene rings is 1. The smallest absolute Gasteiger partial charge is 0.336 e. The quantitative estimate of drug-likeness (QED) is 0.500. The molecule has 1 amide bonds. The van der Waals surface area contributed by atoms with Gasteiger partial charge in [0.1, 0.15) is 0 Å². The predicted octanol–water partition coefficient (Wildman–Crippen LogP) is 5.18. The van der Waals surface area contributed by atoms with Crippen LogP contribution in [0.3, 0.4) is 0 Å². The molecule has 0 unspecified atom stereocenters. The standard InChI is InChI=1S/C19H15BrClF3N4O/c20-12-1-4-16-25-26-17(28(16)10-12)18(29)27-7-5-11(6-8-27)14-9-13(21)2-3-15(14)19(22,23)24/h1-4,9-11H,5-8H2. The Morgan fingerprint density at radius 3 is 2.55 bits per heavy atom. The molecule has 3 aromatic rings. The number of alkyl halides is 3. The number of aromatic nitrogens is 3. The summed E-state index contributed by atoms with van der Waals surface area (Å²) in [6, 6.07) is 7.19. The van der Waals surface area contributed by atoms with Crippen molar-refractivity contribution in [1.29, 1.82) is 0 Å². The van der Waals surface area contributed by atoms with Gasteiger partial charge in [0, 0.05) is 28.8 Å². The minimum absolute atomic E-state index is 0.179. The molecule has 2 aromatic heterocycles. The number of hydrogen-bond acceptors (Lipinski definition) is 3. The van der Waals surface area contributed by atoms with Crippen LogP contribution in [0.4, 0.5) is 13.2 Å². The highest BCUT2D eigenvalue weighted by molar-refractivity contribution is 9.10. The van der Waals surface area contributed by atoms with Gasteiger partial charge in [-0.05, 0) is 70.6 Å². The second-order valence-corrected chi connectivity index (χ2v) is 8.25. The third-order valence-corrected chi connectivity index (χ3v) is 5.80. The Bertz CT molecular complexity index is 1080. The first kappa shape index (κ1) is 20.2. The Morgan fingerprint density at radius 1 is 1.14 bits per heavy atom. The lowest BCUT2D eigenvalue weighted by Gasteiger charge is -2.33. The summed E-state index contributed by atoms with van der Waals surface area (Å²) in [6.45, 7) is 0.659. The number of hydrogen-bond donors (Lipinski definition) is 0. The van der Waals surface area contributed by atoms with E-state index in [1.165, 1.54) is 12.1 Å². The van der Waals surface area contributed by atoms with Gasteiger partial charge in [-0.15, -0.1) is 10.2 Å². The van der Waals surface area contributed by atoms with Crippen LogP contribution in [0.15, 0.2) is 41.0 Å². The van der Waals surface area contributed by atoms with E-state index in [1.807, 2.05) is 0 Å². The summed E-state index contributed by atoms with van der Waals surface area (Å²) in [7, 11) is 0. The summed E-state index contributed by atoms with van der Waals surface area (Å²) < 4.78 is 42.5. The highest BCUT2D eigenvalue weighted by Gasteiger charge is 2.36. The van der Waals surface area contributed by atoms with Crippen LogP contribution in [0.2, 0.25) is 5.02 Å². The summed E-state index contributed by atoms with van der Waals surface area (Å²) in [5.74, 6) is -0.437. The van der Waals surface area contributed by atoms with E-state index in [2.05, 4.69) is 26.1 Å². The van der Waals surface area contributed by atoms with Gasteiger partial charge < -0.3 is 4.90 Å². The van der Waals surface area contributed by atoms with Crippen molar-refractivity contribution in [3.8, 4) is 0 Å². The van der Waals surface area contributed by atoms with E-state index < -0.39 is 11.7 Å². The molecule has 0 atom stereocenters. The molecule has 29 heavy (non-hydrogen) atoms. The molecule has 0 N–H and O–H groups in total. The topological polar surface area (TPSA) is 50.5 Å². The van der Waals surface area contributed by atoms with Crippen LogP contribution in [0, 0.1) is 0 Å². The van der Waals surface area contributed by atoms with E-state index in [0.717, 1.165) is 10.5 Å². The van der Waals surface area contributed by atoms with Crippen LogP contribution in [0.1, 0.15) is 40.5 Å². The first-order chi connectivity index (χ1) is 13.7. The van der Waals surface area contributed by atoms with Crippen LogP contribution in [0.5, 0.6) is 0 Å². The average molecular weight is 488 g/mol. The molecular weight excluding hydrogens is 473 g/mol. The fourth-order valence-electron chi connectivity index (χ4n) is 3.68. The number of carbonyl (C=O) groups excluding carboxylic acids is 1. The fraction of sp³-hybridized carbons (Fsp3) is 0.316. The molecule has 1 aromatic carbocycles. The lowest BCUT2D eigenvalue weighted by atomic mass is 9.86. The second-order valence-electron chi connectivity index (χ2n) is 6.89. The zero-order chi connectivity index (χ0) is 20.8. The number of pyridine rings is 1. The molecule has 3 heterocycles. The van der Waals surface area contributed by atoms with Crippen molar-refractivity contribution >= 4 is 39.1 Å². The van der Waals surface area contributed by atoms with E-state index >= 15 is 0 Å². The van der Waals surface area contributed by atoms with Crippen LogP contribution < -0.4 is 0 Å². The van der Waals surface area contributed by atoms with E-state index in [0.29, 0.717) is 31.6 Å².